The third-order valence-electron chi connectivity index (χ3n) is 5.31. The van der Waals surface area contributed by atoms with Crippen LogP contribution in [0.5, 0.6) is 5.75 Å². The highest BCUT2D eigenvalue weighted by molar-refractivity contribution is 5.68. The number of nitrogens with zero attached hydrogens (tertiary/aromatic N) is 1. The SMILES string of the molecule is COc1ccc2c(c1)C1(CCN(C(=O)OC(C)(C)C)CC1)[C@@H](N)C2. The molecule has 1 amide bonds. The number of methoxy groups -OCH3 is 1. The van der Waals surface area contributed by atoms with E-state index in [2.05, 4.69) is 12.1 Å². The molecule has 0 unspecified atom stereocenters. The van der Waals surface area contributed by atoms with Crippen molar-refractivity contribution in [3.05, 3.63) is 29.3 Å². The predicted molar refractivity (Wildman–Crippen MR) is 93.4 cm³/mol. The van der Waals surface area contributed by atoms with E-state index in [4.69, 9.17) is 15.2 Å². The van der Waals surface area contributed by atoms with Crippen LogP contribution in [0, 0.1) is 0 Å². The van der Waals surface area contributed by atoms with Crippen LogP contribution in [0.3, 0.4) is 0 Å². The Balaban J connectivity index is 1.77. The Kier molecular flexibility index (Phi) is 4.24. The molecule has 1 saturated heterocycles. The van der Waals surface area contributed by atoms with Gasteiger partial charge in [0.2, 0.25) is 0 Å². The number of amides is 1. The summed E-state index contributed by atoms with van der Waals surface area (Å²) in [5, 5.41) is 0. The first-order valence-electron chi connectivity index (χ1n) is 8.66. The van der Waals surface area contributed by atoms with Crippen LogP contribution in [-0.4, -0.2) is 42.8 Å². The fourth-order valence-electron chi connectivity index (χ4n) is 4.01. The second-order valence-corrected chi connectivity index (χ2v) is 7.96. The minimum absolute atomic E-state index is 0.0532. The van der Waals surface area contributed by atoms with E-state index in [0.29, 0.717) is 13.1 Å². The highest BCUT2D eigenvalue weighted by Crippen LogP contribution is 2.46. The van der Waals surface area contributed by atoms with Crippen LogP contribution >= 0.6 is 0 Å². The second-order valence-electron chi connectivity index (χ2n) is 7.96. The third-order valence-corrected chi connectivity index (χ3v) is 5.31. The van der Waals surface area contributed by atoms with Gasteiger partial charge in [-0.3, -0.25) is 0 Å². The number of carbonyl (C=O) groups is 1. The average molecular weight is 332 g/mol. The summed E-state index contributed by atoms with van der Waals surface area (Å²) in [6.07, 6.45) is 2.40. The number of likely N-dealkylation sites (tertiary alicyclic amines) is 1. The zero-order chi connectivity index (χ0) is 17.5. The van der Waals surface area contributed by atoms with E-state index in [1.165, 1.54) is 11.1 Å². The van der Waals surface area contributed by atoms with Crippen molar-refractivity contribution in [1.82, 2.24) is 4.90 Å². The third kappa shape index (κ3) is 2.97. The Morgan fingerprint density at radius 3 is 2.54 bits per heavy atom. The molecule has 3 rings (SSSR count). The van der Waals surface area contributed by atoms with Gasteiger partial charge in [-0.15, -0.1) is 0 Å². The minimum Gasteiger partial charge on any atom is -0.497 e. The van der Waals surface area contributed by atoms with Gasteiger partial charge in [-0.05, 0) is 63.3 Å². The predicted octanol–water partition coefficient (Wildman–Crippen LogP) is 2.85. The monoisotopic (exact) mass is 332 g/mol. The number of hydrogen-bond donors (Lipinski definition) is 1. The Bertz CT molecular complexity index is 628. The van der Waals surface area contributed by atoms with Gasteiger partial charge in [0.05, 0.1) is 7.11 Å². The lowest BCUT2D eigenvalue weighted by atomic mass is 9.71. The van der Waals surface area contributed by atoms with Crippen LogP contribution in [0.25, 0.3) is 0 Å². The van der Waals surface area contributed by atoms with E-state index in [0.717, 1.165) is 25.0 Å². The number of carbonyl (C=O) groups excluding carboxylic acids is 1. The molecule has 0 aromatic heterocycles. The molecule has 1 heterocycles. The van der Waals surface area contributed by atoms with Crippen molar-refractivity contribution in [2.75, 3.05) is 20.2 Å². The molecule has 1 fully saturated rings. The first-order valence-corrected chi connectivity index (χ1v) is 8.66. The molecular weight excluding hydrogens is 304 g/mol. The highest BCUT2D eigenvalue weighted by Gasteiger charge is 2.47. The van der Waals surface area contributed by atoms with E-state index in [1.54, 1.807) is 12.0 Å². The van der Waals surface area contributed by atoms with Crippen molar-refractivity contribution < 1.29 is 14.3 Å². The molecular formula is C19H28N2O3. The maximum atomic E-state index is 12.3. The molecule has 1 aromatic rings. The van der Waals surface area contributed by atoms with Crippen molar-refractivity contribution in [2.45, 2.75) is 57.1 Å². The lowest BCUT2D eigenvalue weighted by Crippen LogP contribution is -2.52. The fourth-order valence-corrected chi connectivity index (χ4v) is 4.01. The van der Waals surface area contributed by atoms with Crippen molar-refractivity contribution in [2.24, 2.45) is 5.73 Å². The van der Waals surface area contributed by atoms with Gasteiger partial charge in [-0.25, -0.2) is 4.79 Å². The zero-order valence-corrected chi connectivity index (χ0v) is 15.1. The second kappa shape index (κ2) is 5.96. The summed E-state index contributed by atoms with van der Waals surface area (Å²) in [4.78, 5) is 14.1. The van der Waals surface area contributed by atoms with Gasteiger partial charge in [-0.1, -0.05) is 6.07 Å². The summed E-state index contributed by atoms with van der Waals surface area (Å²) in [6.45, 7) is 7.04. The van der Waals surface area contributed by atoms with Crippen LogP contribution in [0.2, 0.25) is 0 Å². The number of ether oxygens (including phenoxy) is 2. The molecule has 0 saturated carbocycles. The number of hydrogen-bond acceptors (Lipinski definition) is 4. The van der Waals surface area contributed by atoms with E-state index in [1.807, 2.05) is 26.8 Å². The van der Waals surface area contributed by atoms with Crippen molar-refractivity contribution in [1.29, 1.82) is 0 Å². The van der Waals surface area contributed by atoms with Gasteiger partial charge in [0.1, 0.15) is 11.4 Å². The van der Waals surface area contributed by atoms with E-state index < -0.39 is 5.60 Å². The van der Waals surface area contributed by atoms with Crippen molar-refractivity contribution >= 4 is 6.09 Å². The first-order chi connectivity index (χ1) is 11.2. The minimum atomic E-state index is -0.462. The summed E-state index contributed by atoms with van der Waals surface area (Å²) in [7, 11) is 1.69. The number of fused-ring (bicyclic) bond motifs is 2. The lowest BCUT2D eigenvalue weighted by Gasteiger charge is -2.43. The molecule has 2 aliphatic rings. The van der Waals surface area contributed by atoms with Gasteiger partial charge in [-0.2, -0.15) is 0 Å². The van der Waals surface area contributed by atoms with Gasteiger partial charge in [0, 0.05) is 24.5 Å². The summed E-state index contributed by atoms with van der Waals surface area (Å²) in [5.74, 6) is 0.872. The maximum absolute atomic E-state index is 12.3. The lowest BCUT2D eigenvalue weighted by molar-refractivity contribution is 0.0155. The topological polar surface area (TPSA) is 64.8 Å². The van der Waals surface area contributed by atoms with Crippen LogP contribution < -0.4 is 10.5 Å². The van der Waals surface area contributed by atoms with Crippen LogP contribution in [0.15, 0.2) is 18.2 Å². The zero-order valence-electron chi connectivity index (χ0n) is 15.1. The molecule has 0 radical (unpaired) electrons. The van der Waals surface area contributed by atoms with Crippen molar-refractivity contribution in [3.63, 3.8) is 0 Å². The highest BCUT2D eigenvalue weighted by atomic mass is 16.6. The standard InChI is InChI=1S/C19H28N2O3/c1-18(2,3)24-17(22)21-9-7-19(8-10-21)15-12-14(23-4)6-5-13(15)11-16(19)20/h5-6,12,16H,7-11,20H2,1-4H3/t16-/m0/s1. The van der Waals surface area contributed by atoms with E-state index in [9.17, 15) is 4.79 Å². The summed E-state index contributed by atoms with van der Waals surface area (Å²) in [6, 6.07) is 6.36. The normalized spacial score (nSPS) is 22.4. The molecule has 2 N–H and O–H groups in total. The van der Waals surface area contributed by atoms with Gasteiger partial charge >= 0.3 is 6.09 Å². The van der Waals surface area contributed by atoms with E-state index in [-0.39, 0.29) is 17.6 Å². The Hall–Kier alpha value is -1.75. The van der Waals surface area contributed by atoms with Gasteiger partial charge in [0.25, 0.3) is 0 Å². The molecule has 1 aromatic carbocycles. The summed E-state index contributed by atoms with van der Waals surface area (Å²) >= 11 is 0. The van der Waals surface area contributed by atoms with E-state index >= 15 is 0 Å². The summed E-state index contributed by atoms with van der Waals surface area (Å²) < 4.78 is 10.9. The first kappa shape index (κ1) is 17.1. The van der Waals surface area contributed by atoms with Crippen molar-refractivity contribution in [3.8, 4) is 5.75 Å². The molecule has 1 spiro atoms. The van der Waals surface area contributed by atoms with Crippen LogP contribution in [-0.2, 0) is 16.6 Å². The molecule has 1 atom stereocenters. The quantitative estimate of drug-likeness (QED) is 0.859. The average Bonchev–Trinajstić information content (AvgIpc) is 2.78. The van der Waals surface area contributed by atoms with Gasteiger partial charge in [0.15, 0.2) is 0 Å². The molecule has 1 aliphatic heterocycles. The molecule has 5 nitrogen and oxygen atoms in total. The molecule has 132 valence electrons. The Morgan fingerprint density at radius 1 is 1.29 bits per heavy atom. The number of piperidine rings is 1. The van der Waals surface area contributed by atoms with Crippen LogP contribution in [0.4, 0.5) is 4.79 Å². The smallest absolute Gasteiger partial charge is 0.410 e. The number of benzene rings is 1. The Labute approximate surface area is 144 Å². The van der Waals surface area contributed by atoms with Crippen LogP contribution in [0.1, 0.15) is 44.7 Å². The largest absolute Gasteiger partial charge is 0.497 e. The maximum Gasteiger partial charge on any atom is 0.410 e. The molecule has 24 heavy (non-hydrogen) atoms. The number of rotatable bonds is 1. The summed E-state index contributed by atoms with van der Waals surface area (Å²) in [5.41, 5.74) is 8.64. The van der Waals surface area contributed by atoms with Gasteiger partial charge < -0.3 is 20.1 Å². The molecule has 0 bridgehead atoms. The fraction of sp³-hybridized carbons (Fsp3) is 0.632. The number of nitrogens with two attached hydrogens (primary N) is 1. The molecule has 1 aliphatic carbocycles. The Morgan fingerprint density at radius 2 is 1.96 bits per heavy atom. The molecule has 5 heteroatoms.